The first-order chi connectivity index (χ1) is 8.54. The Bertz CT molecular complexity index is 429. The molecule has 0 bridgehead atoms. The van der Waals surface area contributed by atoms with E-state index in [1.807, 2.05) is 13.8 Å². The van der Waals surface area contributed by atoms with Crippen molar-refractivity contribution in [3.63, 3.8) is 0 Å². The fraction of sp³-hybridized carbons (Fsp3) is 0.462. The van der Waals surface area contributed by atoms with Crippen LogP contribution in [0.15, 0.2) is 18.2 Å². The first-order valence-electron chi connectivity index (χ1n) is 5.65. The monoisotopic (exact) mass is 253 g/mol. The van der Waals surface area contributed by atoms with Crippen LogP contribution in [-0.4, -0.2) is 30.5 Å². The van der Waals surface area contributed by atoms with E-state index in [4.69, 9.17) is 14.7 Å². The van der Waals surface area contributed by atoms with Crippen LogP contribution >= 0.6 is 0 Å². The molecule has 0 radical (unpaired) electrons. The molecule has 0 saturated carbocycles. The van der Waals surface area contributed by atoms with E-state index in [-0.39, 0.29) is 30.6 Å². The van der Waals surface area contributed by atoms with Crippen LogP contribution in [-0.2, 0) is 4.74 Å². The van der Waals surface area contributed by atoms with Gasteiger partial charge in [-0.05, 0) is 26.0 Å². The van der Waals surface area contributed by atoms with Crippen LogP contribution in [0.25, 0.3) is 0 Å². The maximum atomic E-state index is 13.2. The number of nitriles is 1. The summed E-state index contributed by atoms with van der Waals surface area (Å²) in [6.07, 6.45) is -0.800. The number of benzene rings is 1. The quantitative estimate of drug-likeness (QED) is 0.840. The number of halogens is 1. The third-order valence-electron chi connectivity index (χ3n) is 2.14. The van der Waals surface area contributed by atoms with E-state index in [1.54, 1.807) is 6.07 Å². The summed E-state index contributed by atoms with van der Waals surface area (Å²) in [6, 6.07) is 5.84. The molecule has 0 spiro atoms. The largest absolute Gasteiger partial charge is 0.489 e. The lowest BCUT2D eigenvalue weighted by atomic mass is 10.2. The third kappa shape index (κ3) is 4.32. The molecule has 0 aliphatic rings. The normalized spacial score (nSPS) is 12.2. The van der Waals surface area contributed by atoms with E-state index in [0.29, 0.717) is 0 Å². The van der Waals surface area contributed by atoms with E-state index < -0.39 is 11.9 Å². The number of hydrogen-bond acceptors (Lipinski definition) is 4. The lowest BCUT2D eigenvalue weighted by Gasteiger charge is -2.15. The molecule has 1 rings (SSSR count). The molecule has 98 valence electrons. The van der Waals surface area contributed by atoms with Gasteiger partial charge in [0.15, 0.2) is 0 Å². The van der Waals surface area contributed by atoms with Crippen molar-refractivity contribution < 1.29 is 19.0 Å². The predicted molar refractivity (Wildman–Crippen MR) is 63.7 cm³/mol. The second-order valence-electron chi connectivity index (χ2n) is 4.07. The Kier molecular flexibility index (Phi) is 5.56. The maximum Gasteiger partial charge on any atom is 0.144 e. The van der Waals surface area contributed by atoms with Gasteiger partial charge in [0, 0.05) is 0 Å². The van der Waals surface area contributed by atoms with Crippen LogP contribution in [0, 0.1) is 17.1 Å². The molecule has 0 amide bonds. The summed E-state index contributed by atoms with van der Waals surface area (Å²) in [4.78, 5) is 0. The van der Waals surface area contributed by atoms with Crippen molar-refractivity contribution in [2.75, 3.05) is 13.2 Å². The summed E-state index contributed by atoms with van der Waals surface area (Å²) in [5, 5.41) is 18.3. The van der Waals surface area contributed by atoms with Gasteiger partial charge in [-0.15, -0.1) is 0 Å². The van der Waals surface area contributed by atoms with Gasteiger partial charge in [0.2, 0.25) is 0 Å². The van der Waals surface area contributed by atoms with E-state index in [0.717, 1.165) is 0 Å². The molecule has 0 heterocycles. The molecule has 4 nitrogen and oxygen atoms in total. The molecule has 0 fully saturated rings. The lowest BCUT2D eigenvalue weighted by molar-refractivity contribution is -0.0123. The van der Waals surface area contributed by atoms with Crippen molar-refractivity contribution in [3.05, 3.63) is 29.6 Å². The van der Waals surface area contributed by atoms with Gasteiger partial charge < -0.3 is 14.6 Å². The van der Waals surface area contributed by atoms with Crippen molar-refractivity contribution in [2.45, 2.75) is 26.1 Å². The number of aliphatic hydroxyl groups excluding tert-OH is 1. The summed E-state index contributed by atoms with van der Waals surface area (Å²) in [5.41, 5.74) is -0.158. The summed E-state index contributed by atoms with van der Waals surface area (Å²) in [6.45, 7) is 3.79. The minimum Gasteiger partial charge on any atom is -0.489 e. The Balaban J connectivity index is 2.54. The molecule has 18 heavy (non-hydrogen) atoms. The SMILES string of the molecule is CC(C)OCC(O)COc1cccc(F)c1C#N. The van der Waals surface area contributed by atoms with Crippen LogP contribution in [0.2, 0.25) is 0 Å². The van der Waals surface area contributed by atoms with Crippen molar-refractivity contribution in [3.8, 4) is 11.8 Å². The molecule has 0 aliphatic heterocycles. The summed E-state index contributed by atoms with van der Waals surface area (Å²) in [5.74, 6) is -0.510. The van der Waals surface area contributed by atoms with Crippen LogP contribution < -0.4 is 4.74 Å². The summed E-state index contributed by atoms with van der Waals surface area (Å²) in [7, 11) is 0. The van der Waals surface area contributed by atoms with Gasteiger partial charge >= 0.3 is 0 Å². The predicted octanol–water partition coefficient (Wildman–Crippen LogP) is 1.86. The fourth-order valence-electron chi connectivity index (χ4n) is 1.27. The van der Waals surface area contributed by atoms with E-state index in [1.165, 1.54) is 18.2 Å². The van der Waals surface area contributed by atoms with Crippen molar-refractivity contribution in [2.24, 2.45) is 0 Å². The number of aliphatic hydroxyl groups is 1. The lowest BCUT2D eigenvalue weighted by Crippen LogP contribution is -2.25. The van der Waals surface area contributed by atoms with Gasteiger partial charge in [0.05, 0.1) is 12.7 Å². The Morgan fingerprint density at radius 2 is 2.11 bits per heavy atom. The Labute approximate surface area is 106 Å². The van der Waals surface area contributed by atoms with Gasteiger partial charge in [-0.25, -0.2) is 4.39 Å². The highest BCUT2D eigenvalue weighted by Crippen LogP contribution is 2.20. The molecule has 1 atom stereocenters. The summed E-state index contributed by atoms with van der Waals surface area (Å²) >= 11 is 0. The van der Waals surface area contributed by atoms with Crippen molar-refractivity contribution >= 4 is 0 Å². The number of hydrogen-bond donors (Lipinski definition) is 1. The zero-order chi connectivity index (χ0) is 13.5. The third-order valence-corrected chi connectivity index (χ3v) is 2.14. The molecular weight excluding hydrogens is 237 g/mol. The Hall–Kier alpha value is -1.64. The number of ether oxygens (including phenoxy) is 2. The molecule has 1 aromatic rings. The Morgan fingerprint density at radius 3 is 2.72 bits per heavy atom. The minimum absolute atomic E-state index is 0.0171. The second-order valence-corrected chi connectivity index (χ2v) is 4.07. The molecule has 1 unspecified atom stereocenters. The zero-order valence-corrected chi connectivity index (χ0v) is 10.4. The van der Waals surface area contributed by atoms with Crippen LogP contribution in [0.1, 0.15) is 19.4 Å². The summed E-state index contributed by atoms with van der Waals surface area (Å²) < 4.78 is 23.7. The second kappa shape index (κ2) is 6.94. The van der Waals surface area contributed by atoms with Gasteiger partial charge in [-0.1, -0.05) is 6.07 Å². The standard InChI is InChI=1S/C13H16FNO3/c1-9(2)17-7-10(16)8-18-13-5-3-4-12(14)11(13)6-15/h3-5,9-10,16H,7-8H2,1-2H3. The Morgan fingerprint density at radius 1 is 1.39 bits per heavy atom. The van der Waals surface area contributed by atoms with Gasteiger partial charge in [0.1, 0.15) is 35.9 Å². The smallest absolute Gasteiger partial charge is 0.144 e. The minimum atomic E-state index is -0.817. The van der Waals surface area contributed by atoms with Crippen LogP contribution in [0.5, 0.6) is 5.75 Å². The highest BCUT2D eigenvalue weighted by molar-refractivity contribution is 5.43. The molecule has 0 aromatic heterocycles. The molecular formula is C13H16FNO3. The van der Waals surface area contributed by atoms with E-state index >= 15 is 0 Å². The molecule has 0 aliphatic carbocycles. The first-order valence-corrected chi connectivity index (χ1v) is 5.65. The topological polar surface area (TPSA) is 62.5 Å². The molecule has 1 N–H and O–H groups in total. The molecule has 5 heteroatoms. The molecule has 1 aromatic carbocycles. The van der Waals surface area contributed by atoms with Gasteiger partial charge in [0.25, 0.3) is 0 Å². The average Bonchev–Trinajstić information content (AvgIpc) is 2.33. The first kappa shape index (κ1) is 14.4. The number of nitrogens with zero attached hydrogens (tertiary/aromatic N) is 1. The van der Waals surface area contributed by atoms with Crippen LogP contribution in [0.4, 0.5) is 4.39 Å². The highest BCUT2D eigenvalue weighted by atomic mass is 19.1. The highest BCUT2D eigenvalue weighted by Gasteiger charge is 2.11. The van der Waals surface area contributed by atoms with E-state index in [2.05, 4.69) is 0 Å². The maximum absolute atomic E-state index is 13.2. The number of rotatable bonds is 6. The average molecular weight is 253 g/mol. The van der Waals surface area contributed by atoms with Crippen LogP contribution in [0.3, 0.4) is 0 Å². The molecule has 0 saturated heterocycles. The van der Waals surface area contributed by atoms with Gasteiger partial charge in [-0.2, -0.15) is 5.26 Å². The van der Waals surface area contributed by atoms with E-state index in [9.17, 15) is 9.50 Å². The van der Waals surface area contributed by atoms with Crippen molar-refractivity contribution in [1.82, 2.24) is 0 Å². The fourth-order valence-corrected chi connectivity index (χ4v) is 1.27. The van der Waals surface area contributed by atoms with Gasteiger partial charge in [-0.3, -0.25) is 0 Å². The zero-order valence-electron chi connectivity index (χ0n) is 10.4. The van der Waals surface area contributed by atoms with Crippen molar-refractivity contribution in [1.29, 1.82) is 5.26 Å².